The predicted octanol–water partition coefficient (Wildman–Crippen LogP) is 3.93. The summed E-state index contributed by atoms with van der Waals surface area (Å²) in [5, 5.41) is 3.14. The molecule has 0 aliphatic rings. The van der Waals surface area contributed by atoms with Gasteiger partial charge in [-0.25, -0.2) is 0 Å². The predicted molar refractivity (Wildman–Crippen MR) is 83.0 cm³/mol. The van der Waals surface area contributed by atoms with Crippen molar-refractivity contribution in [1.82, 2.24) is 10.3 Å². The first-order valence-electron chi connectivity index (χ1n) is 6.74. The zero-order valence-corrected chi connectivity index (χ0v) is 12.2. The zero-order chi connectivity index (χ0) is 14.4. The fraction of sp³-hybridized carbons (Fsp3) is 0.235. The van der Waals surface area contributed by atoms with E-state index in [0.29, 0.717) is 0 Å². The molecule has 0 saturated heterocycles. The van der Waals surface area contributed by atoms with Gasteiger partial charge >= 0.3 is 0 Å². The number of allylic oxidation sites excluding steroid dienone is 1. The Labute approximate surface area is 120 Å². The van der Waals surface area contributed by atoms with Gasteiger partial charge in [0.25, 0.3) is 0 Å². The molecule has 3 heteroatoms. The maximum atomic E-state index is 6.10. The number of nitrogens with zero attached hydrogens (tertiary/aromatic N) is 1. The molecule has 20 heavy (non-hydrogen) atoms. The monoisotopic (exact) mass is 268 g/mol. The third kappa shape index (κ3) is 3.45. The van der Waals surface area contributed by atoms with Gasteiger partial charge in [0, 0.05) is 35.6 Å². The van der Waals surface area contributed by atoms with Gasteiger partial charge in [-0.15, -0.1) is 0 Å². The summed E-state index contributed by atoms with van der Waals surface area (Å²) in [6.07, 6.45) is 5.91. The lowest BCUT2D eigenvalue weighted by Gasteiger charge is -2.13. The van der Waals surface area contributed by atoms with Crippen LogP contribution in [-0.2, 0) is 6.54 Å². The van der Waals surface area contributed by atoms with Gasteiger partial charge < -0.3 is 10.1 Å². The number of aromatic nitrogens is 1. The highest BCUT2D eigenvalue weighted by Gasteiger charge is 2.08. The van der Waals surface area contributed by atoms with Crippen LogP contribution >= 0.6 is 0 Å². The number of pyridine rings is 1. The second-order valence-electron chi connectivity index (χ2n) is 4.60. The highest BCUT2D eigenvalue weighted by molar-refractivity contribution is 5.58. The third-order valence-corrected chi connectivity index (χ3v) is 2.93. The van der Waals surface area contributed by atoms with E-state index >= 15 is 0 Å². The molecule has 2 aromatic rings. The standard InChI is InChI=1S/C17H20N2O/c1-4-7-14-8-5-6-9-16(14)20-17-10-13(2)19-12-15(17)11-18-3/h4-10,12,18H,11H2,1-3H3/b7-4+. The van der Waals surface area contributed by atoms with E-state index in [1.807, 2.05) is 69.6 Å². The van der Waals surface area contributed by atoms with E-state index in [4.69, 9.17) is 4.74 Å². The van der Waals surface area contributed by atoms with Crippen molar-refractivity contribution < 1.29 is 4.74 Å². The molecule has 1 N–H and O–H groups in total. The number of hydrogen-bond acceptors (Lipinski definition) is 3. The molecule has 0 unspecified atom stereocenters. The quantitative estimate of drug-likeness (QED) is 0.892. The molecule has 2 rings (SSSR count). The molecule has 0 bridgehead atoms. The van der Waals surface area contributed by atoms with Crippen molar-refractivity contribution in [1.29, 1.82) is 0 Å². The average Bonchev–Trinajstić information content (AvgIpc) is 2.44. The lowest BCUT2D eigenvalue weighted by Crippen LogP contribution is -2.07. The maximum Gasteiger partial charge on any atom is 0.135 e. The van der Waals surface area contributed by atoms with Gasteiger partial charge in [0.05, 0.1) is 0 Å². The van der Waals surface area contributed by atoms with Crippen molar-refractivity contribution in [3.63, 3.8) is 0 Å². The minimum atomic E-state index is 0.731. The van der Waals surface area contributed by atoms with E-state index in [2.05, 4.69) is 10.3 Å². The lowest BCUT2D eigenvalue weighted by molar-refractivity contribution is 0.471. The fourth-order valence-corrected chi connectivity index (χ4v) is 1.99. The maximum absolute atomic E-state index is 6.10. The summed E-state index contributed by atoms with van der Waals surface area (Å²) in [5.41, 5.74) is 3.07. The van der Waals surface area contributed by atoms with Crippen LogP contribution < -0.4 is 10.1 Å². The average molecular weight is 268 g/mol. The number of rotatable bonds is 5. The lowest BCUT2D eigenvalue weighted by atomic mass is 10.2. The molecular formula is C17H20N2O. The Bertz CT molecular complexity index is 606. The molecule has 0 atom stereocenters. The summed E-state index contributed by atoms with van der Waals surface area (Å²) in [6.45, 7) is 4.70. The first kappa shape index (κ1) is 14.3. The Hall–Kier alpha value is -2.13. The zero-order valence-electron chi connectivity index (χ0n) is 12.2. The van der Waals surface area contributed by atoms with E-state index in [1.165, 1.54) is 0 Å². The van der Waals surface area contributed by atoms with Crippen LogP contribution in [0.1, 0.15) is 23.7 Å². The molecule has 0 spiro atoms. The van der Waals surface area contributed by atoms with Gasteiger partial charge in [0.1, 0.15) is 11.5 Å². The summed E-state index contributed by atoms with van der Waals surface area (Å²) in [4.78, 5) is 4.32. The summed E-state index contributed by atoms with van der Waals surface area (Å²) >= 11 is 0. The molecule has 3 nitrogen and oxygen atoms in total. The molecule has 1 aromatic carbocycles. The van der Waals surface area contributed by atoms with Crippen molar-refractivity contribution in [3.05, 3.63) is 59.4 Å². The fourth-order valence-electron chi connectivity index (χ4n) is 1.99. The molecule has 0 saturated carbocycles. The van der Waals surface area contributed by atoms with Gasteiger partial charge in [-0.2, -0.15) is 0 Å². The van der Waals surface area contributed by atoms with E-state index in [1.54, 1.807) is 0 Å². The molecule has 1 aromatic heterocycles. The first-order valence-corrected chi connectivity index (χ1v) is 6.74. The Balaban J connectivity index is 2.36. The molecule has 0 aliphatic heterocycles. The normalized spacial score (nSPS) is 10.9. The van der Waals surface area contributed by atoms with E-state index in [0.717, 1.165) is 34.9 Å². The molecule has 104 valence electrons. The second-order valence-corrected chi connectivity index (χ2v) is 4.60. The van der Waals surface area contributed by atoms with Crippen molar-refractivity contribution in [3.8, 4) is 11.5 Å². The molecule has 0 amide bonds. The number of para-hydroxylation sites is 1. The van der Waals surface area contributed by atoms with E-state index < -0.39 is 0 Å². The second kappa shape index (κ2) is 6.87. The van der Waals surface area contributed by atoms with Crippen LogP contribution in [-0.4, -0.2) is 12.0 Å². The number of aryl methyl sites for hydroxylation is 1. The molecular weight excluding hydrogens is 248 g/mol. The number of benzene rings is 1. The van der Waals surface area contributed by atoms with Crippen LogP contribution in [0.25, 0.3) is 6.08 Å². The van der Waals surface area contributed by atoms with Crippen LogP contribution in [0, 0.1) is 6.92 Å². The van der Waals surface area contributed by atoms with Gasteiger partial charge in [-0.1, -0.05) is 30.4 Å². The Kier molecular flexibility index (Phi) is 4.91. The Morgan fingerprint density at radius 3 is 2.80 bits per heavy atom. The van der Waals surface area contributed by atoms with Gasteiger partial charge in [0.15, 0.2) is 0 Å². The largest absolute Gasteiger partial charge is 0.456 e. The van der Waals surface area contributed by atoms with E-state index in [9.17, 15) is 0 Å². The molecule has 0 radical (unpaired) electrons. The van der Waals surface area contributed by atoms with Crippen molar-refractivity contribution >= 4 is 6.08 Å². The van der Waals surface area contributed by atoms with Crippen LogP contribution in [0.3, 0.4) is 0 Å². The third-order valence-electron chi connectivity index (χ3n) is 2.93. The Morgan fingerprint density at radius 1 is 1.25 bits per heavy atom. The summed E-state index contributed by atoms with van der Waals surface area (Å²) in [7, 11) is 1.91. The number of ether oxygens (including phenoxy) is 1. The van der Waals surface area contributed by atoms with Crippen LogP contribution in [0.15, 0.2) is 42.6 Å². The number of nitrogens with one attached hydrogen (secondary N) is 1. The minimum Gasteiger partial charge on any atom is -0.456 e. The topological polar surface area (TPSA) is 34.1 Å². The van der Waals surface area contributed by atoms with Gasteiger partial charge in [-0.05, 0) is 27.0 Å². The van der Waals surface area contributed by atoms with Crippen molar-refractivity contribution in [2.24, 2.45) is 0 Å². The summed E-state index contributed by atoms with van der Waals surface area (Å²) in [5.74, 6) is 1.71. The summed E-state index contributed by atoms with van der Waals surface area (Å²) < 4.78 is 6.10. The SMILES string of the molecule is C/C=C/c1ccccc1Oc1cc(C)ncc1CNC. The highest BCUT2D eigenvalue weighted by Crippen LogP contribution is 2.29. The van der Waals surface area contributed by atoms with Gasteiger partial charge in [-0.3, -0.25) is 4.98 Å². The van der Waals surface area contributed by atoms with Crippen LogP contribution in [0.5, 0.6) is 11.5 Å². The number of hydrogen-bond donors (Lipinski definition) is 1. The molecule has 1 heterocycles. The van der Waals surface area contributed by atoms with Crippen molar-refractivity contribution in [2.75, 3.05) is 7.05 Å². The highest BCUT2D eigenvalue weighted by atomic mass is 16.5. The Morgan fingerprint density at radius 2 is 2.05 bits per heavy atom. The molecule has 0 aliphatic carbocycles. The van der Waals surface area contributed by atoms with Crippen LogP contribution in [0.2, 0.25) is 0 Å². The van der Waals surface area contributed by atoms with Crippen LogP contribution in [0.4, 0.5) is 0 Å². The van der Waals surface area contributed by atoms with Gasteiger partial charge in [0.2, 0.25) is 0 Å². The minimum absolute atomic E-state index is 0.731. The van der Waals surface area contributed by atoms with Crippen molar-refractivity contribution in [2.45, 2.75) is 20.4 Å². The summed E-state index contributed by atoms with van der Waals surface area (Å²) in [6, 6.07) is 9.98. The molecule has 0 fully saturated rings. The smallest absolute Gasteiger partial charge is 0.135 e. The first-order chi connectivity index (χ1) is 9.74. The van der Waals surface area contributed by atoms with E-state index in [-0.39, 0.29) is 0 Å².